The van der Waals surface area contributed by atoms with E-state index in [4.69, 9.17) is 0 Å². The monoisotopic (exact) mass is 440 g/mol. The van der Waals surface area contributed by atoms with Gasteiger partial charge in [0.05, 0.1) is 10.2 Å². The summed E-state index contributed by atoms with van der Waals surface area (Å²) in [5.74, 6) is -0.575. The number of nitrogens with one attached hydrogen (secondary N) is 1. The summed E-state index contributed by atoms with van der Waals surface area (Å²) >= 11 is 1.28. The summed E-state index contributed by atoms with van der Waals surface area (Å²) in [6.07, 6.45) is -2.87. The van der Waals surface area contributed by atoms with Gasteiger partial charge in [0, 0.05) is 45.8 Å². The van der Waals surface area contributed by atoms with Gasteiger partial charge in [0.15, 0.2) is 6.10 Å². The zero-order valence-corrected chi connectivity index (χ0v) is 18.2. The number of aliphatic hydroxyl groups excluding tert-OH is 2. The van der Waals surface area contributed by atoms with E-state index in [1.54, 1.807) is 0 Å². The standard InChI is InChI=1S/C23H28N4O3S/c28-20(21(29)23-25-18-8-4-5-9-19(18)31-23)22(30)24-10-11-26-12-14-27(15-13-26)16-17-6-2-1-3-7-17/h1-9,20-21,28-29H,10-16H2,(H,24,30). The third kappa shape index (κ3) is 5.66. The van der Waals surface area contributed by atoms with E-state index >= 15 is 0 Å². The van der Waals surface area contributed by atoms with Crippen molar-refractivity contribution in [3.8, 4) is 0 Å². The molecule has 2 heterocycles. The van der Waals surface area contributed by atoms with Gasteiger partial charge in [0.2, 0.25) is 0 Å². The van der Waals surface area contributed by atoms with E-state index in [0.717, 1.165) is 49.5 Å². The largest absolute Gasteiger partial charge is 0.383 e. The van der Waals surface area contributed by atoms with Gasteiger partial charge in [0.25, 0.3) is 5.91 Å². The molecule has 31 heavy (non-hydrogen) atoms. The Morgan fingerprint density at radius 3 is 2.42 bits per heavy atom. The zero-order chi connectivity index (χ0) is 21.6. The van der Waals surface area contributed by atoms with Crippen molar-refractivity contribution in [2.45, 2.75) is 18.8 Å². The average Bonchev–Trinajstić information content (AvgIpc) is 3.24. The molecule has 0 saturated carbocycles. The summed E-state index contributed by atoms with van der Waals surface area (Å²) in [7, 11) is 0. The number of para-hydroxylation sites is 1. The molecule has 2 atom stereocenters. The zero-order valence-electron chi connectivity index (χ0n) is 17.4. The summed E-state index contributed by atoms with van der Waals surface area (Å²) in [5.41, 5.74) is 2.07. The maximum atomic E-state index is 12.3. The molecule has 164 valence electrons. The number of thiazole rings is 1. The predicted octanol–water partition coefficient (Wildman–Crippen LogP) is 1.62. The first kappa shape index (κ1) is 21.9. The summed E-state index contributed by atoms with van der Waals surface area (Å²) in [6.45, 7) is 5.97. The summed E-state index contributed by atoms with van der Waals surface area (Å²) in [6, 6.07) is 18.0. The highest BCUT2D eigenvalue weighted by Gasteiger charge is 2.28. The highest BCUT2D eigenvalue weighted by molar-refractivity contribution is 7.18. The Kier molecular flexibility index (Phi) is 7.26. The van der Waals surface area contributed by atoms with Crippen molar-refractivity contribution in [3.05, 3.63) is 65.2 Å². The Hall–Kier alpha value is -2.36. The van der Waals surface area contributed by atoms with Crippen molar-refractivity contribution >= 4 is 27.5 Å². The highest BCUT2D eigenvalue weighted by atomic mass is 32.1. The summed E-state index contributed by atoms with van der Waals surface area (Å²) < 4.78 is 0.913. The molecule has 0 aliphatic carbocycles. The first-order valence-electron chi connectivity index (χ1n) is 10.6. The molecule has 1 aromatic heterocycles. The summed E-state index contributed by atoms with van der Waals surface area (Å²) in [4.78, 5) is 21.4. The van der Waals surface area contributed by atoms with Crippen molar-refractivity contribution in [2.24, 2.45) is 0 Å². The number of aromatic nitrogens is 1. The number of aliphatic hydroxyl groups is 2. The van der Waals surface area contributed by atoms with Crippen LogP contribution in [0, 0.1) is 0 Å². The van der Waals surface area contributed by atoms with E-state index in [0.29, 0.717) is 11.6 Å². The quantitative estimate of drug-likeness (QED) is 0.493. The van der Waals surface area contributed by atoms with Crippen molar-refractivity contribution in [1.29, 1.82) is 0 Å². The molecule has 1 amide bonds. The van der Waals surface area contributed by atoms with E-state index < -0.39 is 18.1 Å². The van der Waals surface area contributed by atoms with Crippen LogP contribution in [-0.4, -0.2) is 76.3 Å². The number of carbonyl (C=O) groups is 1. The topological polar surface area (TPSA) is 88.9 Å². The van der Waals surface area contributed by atoms with Gasteiger partial charge >= 0.3 is 0 Å². The fourth-order valence-corrected chi connectivity index (χ4v) is 4.73. The number of hydrogen-bond donors (Lipinski definition) is 3. The fourth-order valence-electron chi connectivity index (χ4n) is 3.75. The molecule has 0 bridgehead atoms. The number of rotatable bonds is 8. The van der Waals surface area contributed by atoms with Crippen LogP contribution in [0.3, 0.4) is 0 Å². The molecule has 1 saturated heterocycles. The van der Waals surface area contributed by atoms with Gasteiger partial charge in [-0.1, -0.05) is 42.5 Å². The van der Waals surface area contributed by atoms with E-state index in [9.17, 15) is 15.0 Å². The highest BCUT2D eigenvalue weighted by Crippen LogP contribution is 2.27. The van der Waals surface area contributed by atoms with Crippen molar-refractivity contribution in [2.75, 3.05) is 39.3 Å². The Balaban J connectivity index is 1.18. The maximum Gasteiger partial charge on any atom is 0.252 e. The van der Waals surface area contributed by atoms with Crippen molar-refractivity contribution < 1.29 is 15.0 Å². The van der Waals surface area contributed by atoms with Crippen LogP contribution in [0.4, 0.5) is 0 Å². The van der Waals surface area contributed by atoms with Crippen molar-refractivity contribution in [3.63, 3.8) is 0 Å². The molecule has 0 spiro atoms. The molecule has 4 rings (SSSR count). The molecule has 2 aromatic carbocycles. The first-order valence-corrected chi connectivity index (χ1v) is 11.4. The number of piperazine rings is 1. The lowest BCUT2D eigenvalue weighted by Crippen LogP contribution is -2.49. The summed E-state index contributed by atoms with van der Waals surface area (Å²) in [5, 5.41) is 23.7. The van der Waals surface area contributed by atoms with Crippen LogP contribution in [0.2, 0.25) is 0 Å². The van der Waals surface area contributed by atoms with Gasteiger partial charge in [-0.15, -0.1) is 11.3 Å². The molecule has 8 heteroatoms. The van der Waals surface area contributed by atoms with E-state index in [1.807, 2.05) is 30.3 Å². The van der Waals surface area contributed by atoms with Gasteiger partial charge in [-0.05, 0) is 17.7 Å². The molecular weight excluding hydrogens is 412 g/mol. The fraction of sp³-hybridized carbons (Fsp3) is 0.391. The minimum atomic E-state index is -1.54. The van der Waals surface area contributed by atoms with Gasteiger partial charge in [0.1, 0.15) is 11.1 Å². The van der Waals surface area contributed by atoms with Gasteiger partial charge in [-0.2, -0.15) is 0 Å². The van der Waals surface area contributed by atoms with Gasteiger partial charge in [-0.3, -0.25) is 14.6 Å². The van der Waals surface area contributed by atoms with Crippen LogP contribution in [0.25, 0.3) is 10.2 Å². The average molecular weight is 441 g/mol. The molecule has 1 aliphatic heterocycles. The normalized spacial score (nSPS) is 17.5. The van der Waals surface area contributed by atoms with Gasteiger partial charge in [-0.25, -0.2) is 4.98 Å². The third-order valence-electron chi connectivity index (χ3n) is 5.57. The first-order chi connectivity index (χ1) is 15.1. The molecular formula is C23H28N4O3S. The van der Waals surface area contributed by atoms with Crippen LogP contribution in [-0.2, 0) is 11.3 Å². The third-order valence-corrected chi connectivity index (χ3v) is 6.68. The second kappa shape index (κ2) is 10.3. The number of amides is 1. The smallest absolute Gasteiger partial charge is 0.252 e. The van der Waals surface area contributed by atoms with Crippen LogP contribution in [0.15, 0.2) is 54.6 Å². The number of carbonyl (C=O) groups excluding carboxylic acids is 1. The maximum absolute atomic E-state index is 12.3. The molecule has 7 nitrogen and oxygen atoms in total. The second-order valence-corrected chi connectivity index (χ2v) is 8.87. The van der Waals surface area contributed by atoms with E-state index in [-0.39, 0.29) is 0 Å². The van der Waals surface area contributed by atoms with E-state index in [1.165, 1.54) is 16.9 Å². The lowest BCUT2D eigenvalue weighted by atomic mass is 10.2. The van der Waals surface area contributed by atoms with Crippen LogP contribution < -0.4 is 5.32 Å². The minimum Gasteiger partial charge on any atom is -0.383 e. The number of hydrogen-bond acceptors (Lipinski definition) is 7. The second-order valence-electron chi connectivity index (χ2n) is 7.80. The Morgan fingerprint density at radius 1 is 1.00 bits per heavy atom. The van der Waals surface area contributed by atoms with Crippen molar-refractivity contribution in [1.82, 2.24) is 20.1 Å². The molecule has 2 unspecified atom stereocenters. The number of benzene rings is 2. The predicted molar refractivity (Wildman–Crippen MR) is 122 cm³/mol. The number of nitrogens with zero attached hydrogens (tertiary/aromatic N) is 3. The van der Waals surface area contributed by atoms with Crippen LogP contribution in [0.5, 0.6) is 0 Å². The number of fused-ring (bicyclic) bond motifs is 1. The Bertz CT molecular complexity index is 956. The molecule has 0 radical (unpaired) electrons. The lowest BCUT2D eigenvalue weighted by Gasteiger charge is -2.34. The Labute approximate surface area is 185 Å². The lowest BCUT2D eigenvalue weighted by molar-refractivity contribution is -0.135. The molecule has 3 N–H and O–H groups in total. The molecule has 1 fully saturated rings. The molecule has 3 aromatic rings. The van der Waals surface area contributed by atoms with E-state index in [2.05, 4.69) is 44.4 Å². The molecule has 1 aliphatic rings. The van der Waals surface area contributed by atoms with Crippen LogP contribution in [0.1, 0.15) is 16.7 Å². The van der Waals surface area contributed by atoms with Crippen LogP contribution >= 0.6 is 11.3 Å². The SMILES string of the molecule is O=C(NCCN1CCN(Cc2ccccc2)CC1)C(O)C(O)c1nc2ccccc2s1. The minimum absolute atomic E-state index is 0.346. The van der Waals surface area contributed by atoms with Gasteiger partial charge < -0.3 is 15.5 Å². The Morgan fingerprint density at radius 2 is 1.68 bits per heavy atom.